The second-order valence-electron chi connectivity index (χ2n) is 3.95. The van der Waals surface area contributed by atoms with E-state index in [2.05, 4.69) is 11.4 Å². The summed E-state index contributed by atoms with van der Waals surface area (Å²) in [4.78, 5) is 0. The van der Waals surface area contributed by atoms with E-state index in [-0.39, 0.29) is 6.04 Å². The van der Waals surface area contributed by atoms with Crippen LogP contribution < -0.4 is 14.8 Å². The second-order valence-corrected chi connectivity index (χ2v) is 3.95. The van der Waals surface area contributed by atoms with Crippen molar-refractivity contribution in [1.29, 1.82) is 0 Å². The van der Waals surface area contributed by atoms with E-state index in [4.69, 9.17) is 14.2 Å². The summed E-state index contributed by atoms with van der Waals surface area (Å²) in [5.74, 6) is 1.72. The number of rotatable bonds is 1. The minimum atomic E-state index is 0.213. The van der Waals surface area contributed by atoms with Crippen molar-refractivity contribution in [2.24, 2.45) is 0 Å². The van der Waals surface area contributed by atoms with Crippen LogP contribution in [0.15, 0.2) is 18.2 Å². The summed E-state index contributed by atoms with van der Waals surface area (Å²) >= 11 is 0. The molecule has 1 aromatic carbocycles. The van der Waals surface area contributed by atoms with Gasteiger partial charge in [0.2, 0.25) is 0 Å². The molecule has 1 saturated heterocycles. The molecule has 86 valence electrons. The number of hydrogen-bond donors (Lipinski definition) is 1. The summed E-state index contributed by atoms with van der Waals surface area (Å²) in [5.41, 5.74) is 1.14. The normalized spacial score (nSPS) is 24.1. The van der Waals surface area contributed by atoms with Gasteiger partial charge in [-0.3, -0.25) is 0 Å². The van der Waals surface area contributed by atoms with E-state index in [0.29, 0.717) is 19.8 Å². The van der Waals surface area contributed by atoms with Crippen LogP contribution in [0.25, 0.3) is 0 Å². The zero-order valence-corrected chi connectivity index (χ0v) is 9.07. The van der Waals surface area contributed by atoms with Crippen molar-refractivity contribution in [3.8, 4) is 11.5 Å². The van der Waals surface area contributed by atoms with Gasteiger partial charge in [0, 0.05) is 12.1 Å². The van der Waals surface area contributed by atoms with E-state index in [9.17, 15) is 0 Å². The van der Waals surface area contributed by atoms with Crippen LogP contribution in [-0.4, -0.2) is 33.0 Å². The molecule has 1 atom stereocenters. The molecule has 2 aliphatic rings. The average Bonchev–Trinajstić information content (AvgIpc) is 2.39. The van der Waals surface area contributed by atoms with Gasteiger partial charge in [-0.2, -0.15) is 0 Å². The van der Waals surface area contributed by atoms with Gasteiger partial charge < -0.3 is 19.5 Å². The smallest absolute Gasteiger partial charge is 0.166 e. The summed E-state index contributed by atoms with van der Waals surface area (Å²) in [6, 6.07) is 6.23. The number of morpholine rings is 1. The van der Waals surface area contributed by atoms with Crippen molar-refractivity contribution in [3.63, 3.8) is 0 Å². The topological polar surface area (TPSA) is 39.7 Å². The van der Waals surface area contributed by atoms with Crippen molar-refractivity contribution in [1.82, 2.24) is 5.32 Å². The third kappa shape index (κ3) is 1.74. The molecule has 0 saturated carbocycles. The molecule has 0 bridgehead atoms. The number of nitrogens with one attached hydrogen (secondary N) is 1. The molecule has 1 aromatic rings. The highest BCUT2D eigenvalue weighted by molar-refractivity contribution is 5.49. The molecule has 1 N–H and O–H groups in total. The summed E-state index contributed by atoms with van der Waals surface area (Å²) < 4.78 is 16.7. The molecule has 0 amide bonds. The maximum absolute atomic E-state index is 5.69. The summed E-state index contributed by atoms with van der Waals surface area (Å²) in [7, 11) is 0. The van der Waals surface area contributed by atoms with Crippen LogP contribution in [0.1, 0.15) is 11.6 Å². The Kier molecular flexibility index (Phi) is 2.68. The zero-order valence-electron chi connectivity index (χ0n) is 9.07. The maximum atomic E-state index is 5.69. The number of benzene rings is 1. The van der Waals surface area contributed by atoms with Crippen molar-refractivity contribution in [2.75, 3.05) is 33.0 Å². The molecule has 0 aromatic heterocycles. The van der Waals surface area contributed by atoms with Crippen LogP contribution in [0.4, 0.5) is 0 Å². The molecule has 4 nitrogen and oxygen atoms in total. The van der Waals surface area contributed by atoms with Crippen LogP contribution in [0.5, 0.6) is 11.5 Å². The van der Waals surface area contributed by atoms with E-state index >= 15 is 0 Å². The van der Waals surface area contributed by atoms with E-state index in [1.165, 1.54) is 0 Å². The lowest BCUT2D eigenvalue weighted by Crippen LogP contribution is -2.35. The fourth-order valence-electron chi connectivity index (χ4n) is 2.14. The summed E-state index contributed by atoms with van der Waals surface area (Å²) in [6.45, 7) is 3.61. The molecule has 3 rings (SSSR count). The SMILES string of the molecule is c1cc2c(c(C3COCCN3)c1)OCCO2. The molecule has 4 heteroatoms. The van der Waals surface area contributed by atoms with Gasteiger partial charge in [0.05, 0.1) is 19.3 Å². The zero-order chi connectivity index (χ0) is 10.8. The van der Waals surface area contributed by atoms with Gasteiger partial charge in [0.1, 0.15) is 13.2 Å². The molecule has 1 fully saturated rings. The van der Waals surface area contributed by atoms with E-state index in [1.807, 2.05) is 12.1 Å². The Hall–Kier alpha value is -1.26. The van der Waals surface area contributed by atoms with Crippen LogP contribution in [0.3, 0.4) is 0 Å². The Balaban J connectivity index is 1.93. The van der Waals surface area contributed by atoms with Gasteiger partial charge >= 0.3 is 0 Å². The Bertz CT molecular complexity index is 375. The second kappa shape index (κ2) is 4.31. The lowest BCUT2D eigenvalue weighted by Gasteiger charge is -2.28. The molecular formula is C12H15NO3. The molecular weight excluding hydrogens is 206 g/mol. The van der Waals surface area contributed by atoms with Crippen LogP contribution in [0.2, 0.25) is 0 Å². The first kappa shape index (κ1) is 9.93. The van der Waals surface area contributed by atoms with Crippen LogP contribution >= 0.6 is 0 Å². The quantitative estimate of drug-likeness (QED) is 0.771. The van der Waals surface area contributed by atoms with E-state index in [1.54, 1.807) is 0 Å². The molecule has 16 heavy (non-hydrogen) atoms. The highest BCUT2D eigenvalue weighted by Crippen LogP contribution is 2.37. The minimum absolute atomic E-state index is 0.213. The Morgan fingerprint density at radius 1 is 1.12 bits per heavy atom. The Morgan fingerprint density at radius 3 is 2.94 bits per heavy atom. The van der Waals surface area contributed by atoms with Gasteiger partial charge in [0.25, 0.3) is 0 Å². The monoisotopic (exact) mass is 221 g/mol. The number of ether oxygens (including phenoxy) is 3. The first-order chi connectivity index (χ1) is 7.95. The largest absolute Gasteiger partial charge is 0.486 e. The number of hydrogen-bond acceptors (Lipinski definition) is 4. The first-order valence-corrected chi connectivity index (χ1v) is 5.65. The lowest BCUT2D eigenvalue weighted by atomic mass is 10.0. The molecule has 1 unspecified atom stereocenters. The average molecular weight is 221 g/mol. The molecule has 0 aliphatic carbocycles. The third-order valence-electron chi connectivity index (χ3n) is 2.89. The predicted octanol–water partition coefficient (Wildman–Crippen LogP) is 1.12. The number of fused-ring (bicyclic) bond motifs is 1. The highest BCUT2D eigenvalue weighted by atomic mass is 16.6. The van der Waals surface area contributed by atoms with Gasteiger partial charge in [-0.25, -0.2) is 0 Å². The van der Waals surface area contributed by atoms with Gasteiger partial charge in [0.15, 0.2) is 11.5 Å². The van der Waals surface area contributed by atoms with Crippen LogP contribution in [0, 0.1) is 0 Å². The predicted molar refractivity (Wildman–Crippen MR) is 59.0 cm³/mol. The standard InChI is InChI=1S/C12H15NO3/c1-2-9(10-8-14-5-4-13-10)12-11(3-1)15-6-7-16-12/h1-3,10,13H,4-8H2. The maximum Gasteiger partial charge on any atom is 0.166 e. The fourth-order valence-corrected chi connectivity index (χ4v) is 2.14. The summed E-state index contributed by atoms with van der Waals surface area (Å²) in [5, 5.41) is 3.42. The Morgan fingerprint density at radius 2 is 2.06 bits per heavy atom. The number of para-hydroxylation sites is 1. The van der Waals surface area contributed by atoms with Crippen molar-refractivity contribution in [2.45, 2.75) is 6.04 Å². The van der Waals surface area contributed by atoms with Gasteiger partial charge in [-0.05, 0) is 6.07 Å². The molecule has 0 spiro atoms. The van der Waals surface area contributed by atoms with E-state index < -0.39 is 0 Å². The fraction of sp³-hybridized carbons (Fsp3) is 0.500. The first-order valence-electron chi connectivity index (χ1n) is 5.65. The van der Waals surface area contributed by atoms with Gasteiger partial charge in [-0.1, -0.05) is 12.1 Å². The minimum Gasteiger partial charge on any atom is -0.486 e. The summed E-state index contributed by atoms with van der Waals surface area (Å²) in [6.07, 6.45) is 0. The lowest BCUT2D eigenvalue weighted by molar-refractivity contribution is 0.0745. The van der Waals surface area contributed by atoms with Gasteiger partial charge in [-0.15, -0.1) is 0 Å². The Labute approximate surface area is 94.5 Å². The highest BCUT2D eigenvalue weighted by Gasteiger charge is 2.23. The van der Waals surface area contributed by atoms with Crippen LogP contribution in [-0.2, 0) is 4.74 Å². The molecule has 2 aliphatic heterocycles. The van der Waals surface area contributed by atoms with Crippen molar-refractivity contribution >= 4 is 0 Å². The molecule has 2 heterocycles. The van der Waals surface area contributed by atoms with E-state index in [0.717, 1.165) is 30.2 Å². The third-order valence-corrected chi connectivity index (χ3v) is 2.89. The molecule has 0 radical (unpaired) electrons. The van der Waals surface area contributed by atoms with Crippen molar-refractivity contribution in [3.05, 3.63) is 23.8 Å². The van der Waals surface area contributed by atoms with Crippen molar-refractivity contribution < 1.29 is 14.2 Å².